The molecule has 4 nitrogen and oxygen atoms in total. The van der Waals surface area contributed by atoms with Gasteiger partial charge in [0.15, 0.2) is 5.78 Å². The maximum atomic E-state index is 11.3. The van der Waals surface area contributed by atoms with Crippen LogP contribution in [-0.4, -0.2) is 24.0 Å². The highest BCUT2D eigenvalue weighted by molar-refractivity contribution is 6.00. The molecule has 15 heavy (non-hydrogen) atoms. The summed E-state index contributed by atoms with van der Waals surface area (Å²) < 4.78 is 5.22. The third kappa shape index (κ3) is 2.82. The quantitative estimate of drug-likeness (QED) is 0.560. The molecule has 0 amide bonds. The maximum absolute atomic E-state index is 11.3. The Labute approximate surface area is 88.0 Å². The van der Waals surface area contributed by atoms with Gasteiger partial charge >= 0.3 is 0 Å². The van der Waals surface area contributed by atoms with E-state index in [-0.39, 0.29) is 23.6 Å². The molecule has 0 aliphatic carbocycles. The third-order valence-corrected chi connectivity index (χ3v) is 1.82. The van der Waals surface area contributed by atoms with E-state index in [9.17, 15) is 9.90 Å². The predicted octanol–water partition coefficient (Wildman–Crippen LogP) is 1.10. The summed E-state index contributed by atoms with van der Waals surface area (Å²) in [5.74, 6) is 0.0949. The van der Waals surface area contributed by atoms with Gasteiger partial charge in [0, 0.05) is 0 Å². The van der Waals surface area contributed by atoms with Crippen molar-refractivity contribution in [2.75, 3.05) is 13.2 Å². The van der Waals surface area contributed by atoms with Crippen molar-refractivity contribution in [3.8, 4) is 11.5 Å². The van der Waals surface area contributed by atoms with E-state index >= 15 is 0 Å². The summed E-state index contributed by atoms with van der Waals surface area (Å²) in [6.45, 7) is 3.71. The molecule has 0 unspecified atom stereocenters. The van der Waals surface area contributed by atoms with Crippen LogP contribution in [0.3, 0.4) is 0 Å². The van der Waals surface area contributed by atoms with Crippen molar-refractivity contribution in [1.29, 1.82) is 0 Å². The van der Waals surface area contributed by atoms with Crippen LogP contribution in [0.25, 0.3) is 0 Å². The van der Waals surface area contributed by atoms with Gasteiger partial charge in [-0.15, -0.1) is 0 Å². The summed E-state index contributed by atoms with van der Waals surface area (Å²) in [4.78, 5) is 11.3. The van der Waals surface area contributed by atoms with E-state index in [1.54, 1.807) is 12.1 Å². The number of Topliss-reactive ketones (excluding diaryl/α,β-unsaturated/α-hetero) is 1. The first-order valence-corrected chi connectivity index (χ1v) is 4.49. The molecular weight excluding hydrogens is 194 g/mol. The fourth-order valence-electron chi connectivity index (χ4n) is 1.09. The van der Waals surface area contributed by atoms with Crippen molar-refractivity contribution >= 4 is 5.78 Å². The first-order chi connectivity index (χ1) is 7.19. The van der Waals surface area contributed by atoms with Crippen LogP contribution in [-0.2, 0) is 0 Å². The summed E-state index contributed by atoms with van der Waals surface area (Å²) in [5.41, 5.74) is 5.39. The number of ketones is 1. The molecule has 4 heteroatoms. The number of phenolic OH excluding ortho intramolecular Hbond substituents is 1. The molecule has 3 N–H and O–H groups in total. The molecule has 0 bridgehead atoms. The number of carbonyl (C=O) groups is 1. The Morgan fingerprint density at radius 1 is 1.60 bits per heavy atom. The lowest BCUT2D eigenvalue weighted by molar-refractivity contribution is 0.0998. The van der Waals surface area contributed by atoms with Crippen LogP contribution in [0.1, 0.15) is 10.4 Å². The molecule has 0 fully saturated rings. The van der Waals surface area contributed by atoms with Gasteiger partial charge < -0.3 is 15.6 Å². The van der Waals surface area contributed by atoms with Gasteiger partial charge in [0.25, 0.3) is 0 Å². The number of hydrogen-bond donors (Lipinski definition) is 2. The van der Waals surface area contributed by atoms with Gasteiger partial charge in [0.05, 0.1) is 12.1 Å². The van der Waals surface area contributed by atoms with Crippen molar-refractivity contribution < 1.29 is 14.6 Å². The standard InChI is InChI=1S/C11H13NO3/c1-2-5-15-8-3-4-10(13)9(6-8)11(14)7-12/h2-4,6,13H,1,5,7,12H2. The van der Waals surface area contributed by atoms with E-state index in [0.29, 0.717) is 12.4 Å². The molecule has 0 aromatic heterocycles. The summed E-state index contributed by atoms with van der Waals surface area (Å²) in [7, 11) is 0. The molecule has 0 spiro atoms. The van der Waals surface area contributed by atoms with E-state index in [1.165, 1.54) is 12.1 Å². The molecule has 1 aromatic carbocycles. The number of phenols is 1. The summed E-state index contributed by atoms with van der Waals surface area (Å²) in [6.07, 6.45) is 1.59. The molecule has 0 saturated heterocycles. The second kappa shape index (κ2) is 5.17. The van der Waals surface area contributed by atoms with Gasteiger partial charge in [-0.2, -0.15) is 0 Å². The van der Waals surface area contributed by atoms with Crippen molar-refractivity contribution in [2.24, 2.45) is 5.73 Å². The SMILES string of the molecule is C=CCOc1ccc(O)c(C(=O)CN)c1. The fourth-order valence-corrected chi connectivity index (χ4v) is 1.09. The molecule has 0 aliphatic rings. The van der Waals surface area contributed by atoms with E-state index in [2.05, 4.69) is 6.58 Å². The zero-order valence-electron chi connectivity index (χ0n) is 8.27. The van der Waals surface area contributed by atoms with E-state index in [1.807, 2.05) is 0 Å². The van der Waals surface area contributed by atoms with E-state index in [4.69, 9.17) is 10.5 Å². The summed E-state index contributed by atoms with van der Waals surface area (Å²) in [5, 5.41) is 9.41. The minimum atomic E-state index is -0.323. The van der Waals surface area contributed by atoms with Crippen molar-refractivity contribution in [3.63, 3.8) is 0 Å². The highest BCUT2D eigenvalue weighted by Crippen LogP contribution is 2.23. The Morgan fingerprint density at radius 2 is 2.33 bits per heavy atom. The van der Waals surface area contributed by atoms with Gasteiger partial charge in [0.2, 0.25) is 0 Å². The van der Waals surface area contributed by atoms with Crippen LogP contribution in [0.15, 0.2) is 30.9 Å². The monoisotopic (exact) mass is 207 g/mol. The molecule has 1 rings (SSSR count). The van der Waals surface area contributed by atoms with Gasteiger partial charge in [0.1, 0.15) is 18.1 Å². The average molecular weight is 207 g/mol. The number of aromatic hydroxyl groups is 1. The minimum Gasteiger partial charge on any atom is -0.507 e. The highest BCUT2D eigenvalue weighted by Gasteiger charge is 2.10. The van der Waals surface area contributed by atoms with Crippen LogP contribution in [0.2, 0.25) is 0 Å². The Morgan fingerprint density at radius 3 is 2.93 bits per heavy atom. The van der Waals surface area contributed by atoms with Gasteiger partial charge in [-0.3, -0.25) is 4.79 Å². The Bertz CT molecular complexity index is 374. The molecule has 0 aliphatic heterocycles. The van der Waals surface area contributed by atoms with Crippen molar-refractivity contribution in [3.05, 3.63) is 36.4 Å². The van der Waals surface area contributed by atoms with Crippen LogP contribution in [0.4, 0.5) is 0 Å². The predicted molar refractivity (Wildman–Crippen MR) is 57.2 cm³/mol. The van der Waals surface area contributed by atoms with Crippen molar-refractivity contribution in [2.45, 2.75) is 0 Å². The molecule has 0 atom stereocenters. The number of hydrogen-bond acceptors (Lipinski definition) is 4. The Kier molecular flexibility index (Phi) is 3.88. The number of benzene rings is 1. The average Bonchev–Trinajstić information content (AvgIpc) is 2.27. The van der Waals surface area contributed by atoms with Crippen LogP contribution >= 0.6 is 0 Å². The molecular formula is C11H13NO3. The molecule has 0 heterocycles. The largest absolute Gasteiger partial charge is 0.507 e. The number of carbonyl (C=O) groups excluding carboxylic acids is 1. The second-order valence-electron chi connectivity index (χ2n) is 2.91. The van der Waals surface area contributed by atoms with Gasteiger partial charge in [-0.25, -0.2) is 0 Å². The second-order valence-corrected chi connectivity index (χ2v) is 2.91. The molecule has 80 valence electrons. The first kappa shape index (κ1) is 11.3. The van der Waals surface area contributed by atoms with Gasteiger partial charge in [-0.1, -0.05) is 12.7 Å². The Hall–Kier alpha value is -1.81. The third-order valence-electron chi connectivity index (χ3n) is 1.82. The lowest BCUT2D eigenvalue weighted by Gasteiger charge is -2.06. The highest BCUT2D eigenvalue weighted by atomic mass is 16.5. The van der Waals surface area contributed by atoms with Gasteiger partial charge in [-0.05, 0) is 18.2 Å². The topological polar surface area (TPSA) is 72.5 Å². The molecule has 1 aromatic rings. The summed E-state index contributed by atoms with van der Waals surface area (Å²) >= 11 is 0. The number of rotatable bonds is 5. The maximum Gasteiger partial charge on any atom is 0.180 e. The summed E-state index contributed by atoms with van der Waals surface area (Å²) in [6, 6.07) is 4.45. The zero-order chi connectivity index (χ0) is 11.3. The lowest BCUT2D eigenvalue weighted by atomic mass is 10.1. The Balaban J connectivity index is 2.94. The smallest absolute Gasteiger partial charge is 0.180 e. The zero-order valence-corrected chi connectivity index (χ0v) is 8.27. The first-order valence-electron chi connectivity index (χ1n) is 4.49. The van der Waals surface area contributed by atoms with Crippen LogP contribution in [0, 0.1) is 0 Å². The van der Waals surface area contributed by atoms with E-state index in [0.717, 1.165) is 0 Å². The molecule has 0 saturated carbocycles. The normalized spacial score (nSPS) is 9.67. The lowest BCUT2D eigenvalue weighted by Crippen LogP contribution is -2.13. The molecule has 0 radical (unpaired) electrons. The van der Waals surface area contributed by atoms with Crippen molar-refractivity contribution in [1.82, 2.24) is 0 Å². The fraction of sp³-hybridized carbons (Fsp3) is 0.182. The number of nitrogens with two attached hydrogens (primary N) is 1. The number of ether oxygens (including phenoxy) is 1. The van der Waals surface area contributed by atoms with Crippen LogP contribution < -0.4 is 10.5 Å². The van der Waals surface area contributed by atoms with E-state index < -0.39 is 0 Å². The minimum absolute atomic E-state index is 0.0867. The van der Waals surface area contributed by atoms with Crippen LogP contribution in [0.5, 0.6) is 11.5 Å².